The molecule has 0 spiro atoms. The molecule has 1 rings (SSSR count). The highest BCUT2D eigenvalue weighted by Gasteiger charge is 2.04. The van der Waals surface area contributed by atoms with Gasteiger partial charge in [0.05, 0.1) is 18.1 Å². The van der Waals surface area contributed by atoms with Gasteiger partial charge in [0, 0.05) is 11.1 Å². The molecule has 3 nitrogen and oxygen atoms in total. The summed E-state index contributed by atoms with van der Waals surface area (Å²) in [6.45, 7) is 0.0163. The molecule has 1 aromatic carbocycles. The van der Waals surface area contributed by atoms with Gasteiger partial charge in [-0.1, -0.05) is 23.2 Å². The van der Waals surface area contributed by atoms with Crippen LogP contribution < -0.4 is 4.74 Å². The highest BCUT2D eigenvalue weighted by molar-refractivity contribution is 6.34. The van der Waals surface area contributed by atoms with Crippen LogP contribution in [0.5, 0.6) is 5.75 Å². The maximum absolute atomic E-state index is 10.1. The van der Waals surface area contributed by atoms with Crippen molar-refractivity contribution >= 4 is 29.2 Å². The molecule has 5 heteroatoms. The normalized spacial score (nSPS) is 9.86. The van der Waals surface area contributed by atoms with Crippen molar-refractivity contribution in [1.29, 1.82) is 0 Å². The van der Waals surface area contributed by atoms with E-state index in [1.54, 1.807) is 12.1 Å². The summed E-state index contributed by atoms with van der Waals surface area (Å²) in [5.41, 5.74) is 0. The summed E-state index contributed by atoms with van der Waals surface area (Å²) in [5, 5.41) is 11.0. The molecule has 14 heavy (non-hydrogen) atoms. The van der Waals surface area contributed by atoms with Gasteiger partial charge >= 0.3 is 5.97 Å². The molecule has 0 aromatic heterocycles. The van der Waals surface area contributed by atoms with Crippen molar-refractivity contribution in [3.8, 4) is 5.75 Å². The van der Waals surface area contributed by atoms with Gasteiger partial charge in [-0.2, -0.15) is 0 Å². The lowest BCUT2D eigenvalue weighted by Gasteiger charge is -2.06. The fourth-order valence-electron chi connectivity index (χ4n) is 0.832. The lowest BCUT2D eigenvalue weighted by atomic mass is 10.3. The first-order valence-corrected chi connectivity index (χ1v) is 4.63. The number of carbonyl (C=O) groups excluding carboxylic acids is 1. The summed E-state index contributed by atoms with van der Waals surface area (Å²) in [6, 6.07) is 4.73. The molecule has 0 aliphatic carbocycles. The summed E-state index contributed by atoms with van der Waals surface area (Å²) in [6.07, 6.45) is -0.178. The van der Waals surface area contributed by atoms with Crippen LogP contribution in [-0.2, 0) is 9.90 Å². The lowest BCUT2D eigenvalue weighted by molar-refractivity contribution is -0.143. The van der Waals surface area contributed by atoms with Crippen LogP contribution in [0.4, 0.5) is 0 Å². The van der Waals surface area contributed by atoms with Gasteiger partial charge in [-0.25, -0.2) is 9.90 Å². The van der Waals surface area contributed by atoms with E-state index in [2.05, 4.69) is 0 Å². The maximum Gasteiger partial charge on any atom is 0.358 e. The van der Waals surface area contributed by atoms with E-state index < -0.39 is 5.97 Å². The van der Waals surface area contributed by atoms with Gasteiger partial charge in [0.2, 0.25) is 0 Å². The SMILES string of the molecule is [O]C(=O)CCOc1cc(Cl)ccc1Cl. The number of benzene rings is 1. The minimum atomic E-state index is -1.16. The van der Waals surface area contributed by atoms with Crippen molar-refractivity contribution < 1.29 is 14.6 Å². The molecule has 0 aliphatic rings. The molecular formula is C9H7Cl2O3. The number of hydrogen-bond donors (Lipinski definition) is 0. The fourth-order valence-corrected chi connectivity index (χ4v) is 1.17. The minimum absolute atomic E-state index is 0.0163. The highest BCUT2D eigenvalue weighted by Crippen LogP contribution is 2.27. The molecule has 75 valence electrons. The number of rotatable bonds is 4. The number of halogens is 2. The predicted molar refractivity (Wildman–Crippen MR) is 52.3 cm³/mol. The van der Waals surface area contributed by atoms with Gasteiger partial charge in [0.15, 0.2) is 0 Å². The summed E-state index contributed by atoms with van der Waals surface area (Å²) in [7, 11) is 0. The topological polar surface area (TPSA) is 46.2 Å². The summed E-state index contributed by atoms with van der Waals surface area (Å²) in [4.78, 5) is 10.1. The van der Waals surface area contributed by atoms with E-state index >= 15 is 0 Å². The first kappa shape index (κ1) is 11.1. The minimum Gasteiger partial charge on any atom is -0.491 e. The average molecular weight is 234 g/mol. The zero-order chi connectivity index (χ0) is 10.6. The smallest absolute Gasteiger partial charge is 0.358 e. The molecule has 0 amide bonds. The van der Waals surface area contributed by atoms with E-state index in [0.29, 0.717) is 15.8 Å². The van der Waals surface area contributed by atoms with Crippen molar-refractivity contribution in [2.75, 3.05) is 6.61 Å². The van der Waals surface area contributed by atoms with Gasteiger partial charge in [-0.15, -0.1) is 0 Å². The summed E-state index contributed by atoms with van der Waals surface area (Å²) >= 11 is 11.5. The quantitative estimate of drug-likeness (QED) is 0.803. The van der Waals surface area contributed by atoms with Crippen LogP contribution in [0.1, 0.15) is 6.42 Å². The van der Waals surface area contributed by atoms with E-state index in [1.165, 1.54) is 6.07 Å². The molecular weight excluding hydrogens is 227 g/mol. The Labute approximate surface area is 91.2 Å². The second kappa shape index (κ2) is 5.08. The van der Waals surface area contributed by atoms with Crippen LogP contribution >= 0.6 is 23.2 Å². The molecule has 0 N–H and O–H groups in total. The molecule has 0 aliphatic heterocycles. The average Bonchev–Trinajstić information content (AvgIpc) is 2.10. The molecule has 0 fully saturated rings. The molecule has 0 atom stereocenters. The van der Waals surface area contributed by atoms with E-state index in [9.17, 15) is 9.90 Å². The predicted octanol–water partition coefficient (Wildman–Crippen LogP) is 2.72. The van der Waals surface area contributed by atoms with Crippen molar-refractivity contribution in [3.63, 3.8) is 0 Å². The Morgan fingerprint density at radius 1 is 1.36 bits per heavy atom. The third-order valence-electron chi connectivity index (χ3n) is 1.46. The first-order chi connectivity index (χ1) is 6.59. The Balaban J connectivity index is 2.57. The number of hydrogen-bond acceptors (Lipinski definition) is 2. The molecule has 0 heterocycles. The number of carbonyl (C=O) groups is 1. The Morgan fingerprint density at radius 2 is 2.07 bits per heavy atom. The molecule has 0 bridgehead atoms. The zero-order valence-corrected chi connectivity index (χ0v) is 8.64. The van der Waals surface area contributed by atoms with Gasteiger partial charge in [0.1, 0.15) is 5.75 Å². The first-order valence-electron chi connectivity index (χ1n) is 3.87. The molecule has 0 saturated carbocycles. The van der Waals surface area contributed by atoms with E-state index in [0.717, 1.165) is 0 Å². The molecule has 1 aromatic rings. The van der Waals surface area contributed by atoms with Crippen LogP contribution in [0.15, 0.2) is 18.2 Å². The van der Waals surface area contributed by atoms with Gasteiger partial charge in [0.25, 0.3) is 0 Å². The standard InChI is InChI=1S/C9H7Cl2O3/c10-6-1-2-7(11)8(5-6)14-4-3-9(12)13/h1-2,5H,3-4H2. The van der Waals surface area contributed by atoms with Crippen molar-refractivity contribution in [1.82, 2.24) is 0 Å². The highest BCUT2D eigenvalue weighted by atomic mass is 35.5. The Kier molecular flexibility index (Phi) is 4.04. The Bertz CT molecular complexity index is 339. The van der Waals surface area contributed by atoms with Gasteiger partial charge in [-0.05, 0) is 12.1 Å². The molecule has 1 radical (unpaired) electrons. The second-order valence-corrected chi connectivity index (χ2v) is 3.39. The molecule has 0 saturated heterocycles. The Hall–Kier alpha value is -0.930. The van der Waals surface area contributed by atoms with Crippen molar-refractivity contribution in [3.05, 3.63) is 28.2 Å². The third kappa shape index (κ3) is 3.44. The van der Waals surface area contributed by atoms with Crippen LogP contribution in [0.3, 0.4) is 0 Å². The van der Waals surface area contributed by atoms with Crippen LogP contribution in [0.2, 0.25) is 10.0 Å². The lowest BCUT2D eigenvalue weighted by Crippen LogP contribution is -2.03. The maximum atomic E-state index is 10.1. The summed E-state index contributed by atoms with van der Waals surface area (Å²) < 4.78 is 5.09. The van der Waals surface area contributed by atoms with Crippen molar-refractivity contribution in [2.45, 2.75) is 6.42 Å². The summed E-state index contributed by atoms with van der Waals surface area (Å²) in [5.74, 6) is -0.788. The van der Waals surface area contributed by atoms with E-state index in [1.807, 2.05) is 0 Å². The van der Waals surface area contributed by atoms with Gasteiger partial charge < -0.3 is 4.74 Å². The van der Waals surface area contributed by atoms with Crippen molar-refractivity contribution in [2.24, 2.45) is 0 Å². The zero-order valence-electron chi connectivity index (χ0n) is 7.13. The fraction of sp³-hybridized carbons (Fsp3) is 0.222. The second-order valence-electron chi connectivity index (χ2n) is 2.55. The van der Waals surface area contributed by atoms with Crippen LogP contribution in [-0.4, -0.2) is 12.6 Å². The largest absolute Gasteiger partial charge is 0.491 e. The van der Waals surface area contributed by atoms with Gasteiger partial charge in [-0.3, -0.25) is 0 Å². The van der Waals surface area contributed by atoms with E-state index in [-0.39, 0.29) is 13.0 Å². The van der Waals surface area contributed by atoms with Crippen LogP contribution in [0.25, 0.3) is 0 Å². The third-order valence-corrected chi connectivity index (χ3v) is 2.00. The molecule has 0 unspecified atom stereocenters. The number of ether oxygens (including phenoxy) is 1. The monoisotopic (exact) mass is 233 g/mol. The van der Waals surface area contributed by atoms with Crippen LogP contribution in [0, 0.1) is 0 Å². The Morgan fingerprint density at radius 3 is 2.71 bits per heavy atom. The van der Waals surface area contributed by atoms with E-state index in [4.69, 9.17) is 27.9 Å².